The van der Waals surface area contributed by atoms with Crippen LogP contribution in [0.2, 0.25) is 5.02 Å². The van der Waals surface area contributed by atoms with Crippen LogP contribution in [0.15, 0.2) is 55.4 Å². The predicted octanol–water partition coefficient (Wildman–Crippen LogP) is 4.36. The van der Waals surface area contributed by atoms with Crippen molar-refractivity contribution in [3.8, 4) is 39.5 Å². The molecule has 0 saturated carbocycles. The number of halogens is 2. The molecular formula is C27H26ClFN6O3. The van der Waals surface area contributed by atoms with Crippen LogP contribution < -0.4 is 4.74 Å². The molecule has 0 atom stereocenters. The second kappa shape index (κ2) is 10.8. The van der Waals surface area contributed by atoms with Gasteiger partial charge in [0.25, 0.3) is 0 Å². The van der Waals surface area contributed by atoms with E-state index in [1.54, 1.807) is 35.0 Å². The number of benzene rings is 1. The van der Waals surface area contributed by atoms with Crippen LogP contribution in [0.5, 0.6) is 5.75 Å². The van der Waals surface area contributed by atoms with Crippen LogP contribution in [-0.4, -0.2) is 62.2 Å². The molecule has 196 valence electrons. The molecule has 4 heterocycles. The molecule has 9 nitrogen and oxygen atoms in total. The Hall–Kier alpha value is -4.02. The lowest BCUT2D eigenvalue weighted by molar-refractivity contribution is -0.127. The van der Waals surface area contributed by atoms with Gasteiger partial charge in [0.05, 0.1) is 48.0 Å². The highest BCUT2D eigenvalue weighted by Crippen LogP contribution is 2.41. The van der Waals surface area contributed by atoms with Gasteiger partial charge >= 0.3 is 0 Å². The van der Waals surface area contributed by atoms with Gasteiger partial charge in [-0.25, -0.2) is 9.37 Å². The van der Waals surface area contributed by atoms with Gasteiger partial charge in [-0.3, -0.25) is 14.2 Å². The SMILES string of the molecule is C=CC(=O)N1CCn2nc(-c3nc(-c4cnn(C)c4)c(Cl)cc3-c3ccc(F)cc3OCCOC)cc2C1. The first-order valence-corrected chi connectivity index (χ1v) is 12.4. The van der Waals surface area contributed by atoms with Crippen molar-refractivity contribution in [3.63, 3.8) is 0 Å². The van der Waals surface area contributed by atoms with Gasteiger partial charge in [0.1, 0.15) is 23.9 Å². The van der Waals surface area contributed by atoms with E-state index in [1.165, 1.54) is 18.2 Å². The summed E-state index contributed by atoms with van der Waals surface area (Å²) in [6, 6.07) is 8.02. The summed E-state index contributed by atoms with van der Waals surface area (Å²) in [4.78, 5) is 18.9. The number of aromatic nitrogens is 5. The number of hydrogen-bond donors (Lipinski definition) is 0. The number of rotatable bonds is 8. The van der Waals surface area contributed by atoms with Gasteiger partial charge in [-0.15, -0.1) is 0 Å². The third-order valence-electron chi connectivity index (χ3n) is 6.26. The number of ether oxygens (including phenoxy) is 2. The van der Waals surface area contributed by atoms with E-state index < -0.39 is 5.82 Å². The van der Waals surface area contributed by atoms with E-state index in [-0.39, 0.29) is 12.5 Å². The van der Waals surface area contributed by atoms with E-state index in [9.17, 15) is 9.18 Å². The molecule has 11 heteroatoms. The lowest BCUT2D eigenvalue weighted by Crippen LogP contribution is -2.37. The van der Waals surface area contributed by atoms with Crippen LogP contribution >= 0.6 is 11.6 Å². The number of hydrogen-bond acceptors (Lipinski definition) is 6. The van der Waals surface area contributed by atoms with Gasteiger partial charge in [0.2, 0.25) is 5.91 Å². The predicted molar refractivity (Wildman–Crippen MR) is 141 cm³/mol. The molecule has 1 aliphatic rings. The zero-order chi connectivity index (χ0) is 26.8. The van der Waals surface area contributed by atoms with Crippen LogP contribution in [-0.2, 0) is 29.7 Å². The van der Waals surface area contributed by atoms with Crippen LogP contribution in [0.3, 0.4) is 0 Å². The average Bonchev–Trinajstić information content (AvgIpc) is 3.54. The Morgan fingerprint density at radius 2 is 2.03 bits per heavy atom. The molecule has 1 aliphatic heterocycles. The Kier molecular flexibility index (Phi) is 7.26. The minimum atomic E-state index is -0.432. The maximum Gasteiger partial charge on any atom is 0.246 e. The van der Waals surface area contributed by atoms with Gasteiger partial charge in [-0.1, -0.05) is 18.2 Å². The third kappa shape index (κ3) is 5.05. The third-order valence-corrected chi connectivity index (χ3v) is 6.55. The number of amides is 1. The lowest BCUT2D eigenvalue weighted by Gasteiger charge is -2.26. The quantitative estimate of drug-likeness (QED) is 0.246. The molecule has 3 aromatic heterocycles. The molecule has 5 rings (SSSR count). The fourth-order valence-electron chi connectivity index (χ4n) is 4.41. The zero-order valence-corrected chi connectivity index (χ0v) is 21.8. The Balaban J connectivity index is 1.66. The molecule has 0 unspecified atom stereocenters. The van der Waals surface area contributed by atoms with Crippen molar-refractivity contribution >= 4 is 17.5 Å². The largest absolute Gasteiger partial charge is 0.490 e. The van der Waals surface area contributed by atoms with Crippen LogP contribution in [0.4, 0.5) is 4.39 Å². The van der Waals surface area contributed by atoms with Crippen molar-refractivity contribution in [2.45, 2.75) is 13.1 Å². The molecule has 4 aromatic rings. The van der Waals surface area contributed by atoms with E-state index in [2.05, 4.69) is 11.7 Å². The van der Waals surface area contributed by atoms with Crippen molar-refractivity contribution in [1.29, 1.82) is 0 Å². The van der Waals surface area contributed by atoms with Crippen molar-refractivity contribution < 1.29 is 18.7 Å². The second-order valence-electron chi connectivity index (χ2n) is 8.81. The Morgan fingerprint density at radius 1 is 1.18 bits per heavy atom. The number of aryl methyl sites for hydroxylation is 1. The molecule has 38 heavy (non-hydrogen) atoms. The summed E-state index contributed by atoms with van der Waals surface area (Å²) in [5.41, 5.74) is 4.52. The van der Waals surface area contributed by atoms with Crippen molar-refractivity contribution in [1.82, 2.24) is 29.4 Å². The smallest absolute Gasteiger partial charge is 0.246 e. The van der Waals surface area contributed by atoms with Gasteiger partial charge in [-0.2, -0.15) is 10.2 Å². The highest BCUT2D eigenvalue weighted by molar-refractivity contribution is 6.33. The zero-order valence-electron chi connectivity index (χ0n) is 21.0. The Bertz CT molecular complexity index is 1510. The summed E-state index contributed by atoms with van der Waals surface area (Å²) >= 11 is 6.75. The van der Waals surface area contributed by atoms with Crippen LogP contribution in [0.1, 0.15) is 5.69 Å². The summed E-state index contributed by atoms with van der Waals surface area (Å²) < 4.78 is 28.7. The molecule has 0 aliphatic carbocycles. The maximum absolute atomic E-state index is 14.2. The van der Waals surface area contributed by atoms with Crippen LogP contribution in [0, 0.1) is 5.82 Å². The minimum Gasteiger partial charge on any atom is -0.490 e. The first kappa shape index (κ1) is 25.6. The maximum atomic E-state index is 14.2. The average molecular weight is 537 g/mol. The van der Waals surface area contributed by atoms with Crippen LogP contribution in [0.25, 0.3) is 33.8 Å². The number of pyridine rings is 1. The molecular weight excluding hydrogens is 511 g/mol. The summed E-state index contributed by atoms with van der Waals surface area (Å²) in [7, 11) is 3.38. The number of carbonyl (C=O) groups is 1. The van der Waals surface area contributed by atoms with Gasteiger partial charge in [0, 0.05) is 49.7 Å². The van der Waals surface area contributed by atoms with E-state index in [4.69, 9.17) is 31.2 Å². The fraction of sp³-hybridized carbons (Fsp3) is 0.259. The number of carbonyl (C=O) groups excluding carboxylic acids is 1. The number of nitrogens with zero attached hydrogens (tertiary/aromatic N) is 6. The minimum absolute atomic E-state index is 0.132. The number of fused-ring (bicyclic) bond motifs is 1. The summed E-state index contributed by atoms with van der Waals surface area (Å²) in [6.45, 7) is 5.63. The Labute approximate surface area is 224 Å². The molecule has 0 fully saturated rings. The summed E-state index contributed by atoms with van der Waals surface area (Å²) in [6.07, 6.45) is 4.82. The molecule has 0 saturated heterocycles. The van der Waals surface area contributed by atoms with E-state index in [0.29, 0.717) is 65.2 Å². The molecule has 0 radical (unpaired) electrons. The second-order valence-corrected chi connectivity index (χ2v) is 9.21. The fourth-order valence-corrected chi connectivity index (χ4v) is 4.67. The highest BCUT2D eigenvalue weighted by Gasteiger charge is 2.25. The molecule has 0 spiro atoms. The molecule has 1 aromatic carbocycles. The highest BCUT2D eigenvalue weighted by atomic mass is 35.5. The van der Waals surface area contributed by atoms with Gasteiger partial charge in [0.15, 0.2) is 0 Å². The van der Waals surface area contributed by atoms with Gasteiger partial charge in [-0.05, 0) is 30.3 Å². The first-order valence-electron chi connectivity index (χ1n) is 12.0. The molecule has 0 bridgehead atoms. The summed E-state index contributed by atoms with van der Waals surface area (Å²) in [5.74, 6) is -0.229. The van der Waals surface area contributed by atoms with Gasteiger partial charge < -0.3 is 14.4 Å². The van der Waals surface area contributed by atoms with Crippen molar-refractivity contribution in [3.05, 3.63) is 71.9 Å². The normalized spacial score (nSPS) is 12.9. The summed E-state index contributed by atoms with van der Waals surface area (Å²) in [5, 5.41) is 9.46. The van der Waals surface area contributed by atoms with Crippen molar-refractivity contribution in [2.75, 3.05) is 26.9 Å². The monoisotopic (exact) mass is 536 g/mol. The van der Waals surface area contributed by atoms with E-state index in [1.807, 2.05) is 24.0 Å². The topological polar surface area (TPSA) is 87.3 Å². The van der Waals surface area contributed by atoms with E-state index >= 15 is 0 Å². The molecule has 1 amide bonds. The Morgan fingerprint density at radius 3 is 2.76 bits per heavy atom. The van der Waals surface area contributed by atoms with Crippen molar-refractivity contribution in [2.24, 2.45) is 7.05 Å². The standard InChI is InChI=1S/C27H26ClFN6O3/c1-4-25(36)34-7-8-35-19(16-34)12-23(32-35)27-21(13-22(28)26(31-27)17-14-30-33(2)15-17)20-6-5-18(29)11-24(20)38-10-9-37-3/h4-6,11-15H,1,7-10,16H2,2-3H3. The lowest BCUT2D eigenvalue weighted by atomic mass is 9.99. The first-order chi connectivity index (χ1) is 18.4. The number of methoxy groups -OCH3 is 1. The molecule has 0 N–H and O–H groups in total. The van der Waals surface area contributed by atoms with E-state index in [0.717, 1.165) is 11.3 Å².